The number of amides is 2. The monoisotopic (exact) mass is 464 g/mol. The summed E-state index contributed by atoms with van der Waals surface area (Å²) < 4.78 is 16.3. The Balaban J connectivity index is 1.90. The Morgan fingerprint density at radius 2 is 1.87 bits per heavy atom. The lowest BCUT2D eigenvalue weighted by molar-refractivity contribution is -0.136. The van der Waals surface area contributed by atoms with E-state index in [1.165, 1.54) is 14.2 Å². The van der Waals surface area contributed by atoms with Crippen molar-refractivity contribution in [1.82, 2.24) is 10.6 Å². The number of methoxy groups -OCH3 is 2. The van der Waals surface area contributed by atoms with E-state index < -0.39 is 18.0 Å². The van der Waals surface area contributed by atoms with Crippen LogP contribution in [-0.4, -0.2) is 26.2 Å². The van der Waals surface area contributed by atoms with Crippen LogP contribution in [0.15, 0.2) is 47.7 Å². The van der Waals surface area contributed by atoms with Crippen LogP contribution >= 0.6 is 23.2 Å². The SMILES string of the molecule is CCC1=C(C(=O)OC)C(c2ccc(OCc3ccc(Cl)cc3Cl)c(OC)c2)NC(=O)N1. The van der Waals surface area contributed by atoms with Crippen molar-refractivity contribution in [3.05, 3.63) is 68.8 Å². The summed E-state index contributed by atoms with van der Waals surface area (Å²) in [5.41, 5.74) is 2.27. The van der Waals surface area contributed by atoms with Crippen LogP contribution in [0.5, 0.6) is 11.5 Å². The van der Waals surface area contributed by atoms with E-state index >= 15 is 0 Å². The van der Waals surface area contributed by atoms with Crippen molar-refractivity contribution in [2.75, 3.05) is 14.2 Å². The molecule has 9 heteroatoms. The third kappa shape index (κ3) is 5.06. The fourth-order valence-electron chi connectivity index (χ4n) is 3.28. The maximum absolute atomic E-state index is 12.4. The molecule has 2 N–H and O–H groups in total. The van der Waals surface area contributed by atoms with Crippen LogP contribution in [0.2, 0.25) is 10.0 Å². The van der Waals surface area contributed by atoms with Gasteiger partial charge in [0.2, 0.25) is 0 Å². The highest BCUT2D eigenvalue weighted by Crippen LogP contribution is 2.35. The van der Waals surface area contributed by atoms with E-state index in [-0.39, 0.29) is 6.61 Å². The molecule has 2 aromatic carbocycles. The van der Waals surface area contributed by atoms with Gasteiger partial charge in [0.05, 0.1) is 25.8 Å². The zero-order chi connectivity index (χ0) is 22.5. The Morgan fingerprint density at radius 1 is 1.10 bits per heavy atom. The molecule has 0 radical (unpaired) electrons. The first-order valence-corrected chi connectivity index (χ1v) is 10.3. The topological polar surface area (TPSA) is 85.9 Å². The molecule has 0 fully saturated rings. The molecule has 2 amide bonds. The van der Waals surface area contributed by atoms with Crippen molar-refractivity contribution in [2.24, 2.45) is 0 Å². The highest BCUT2D eigenvalue weighted by Gasteiger charge is 2.33. The third-order valence-corrected chi connectivity index (χ3v) is 5.42. The molecule has 2 aromatic rings. The number of hydrogen-bond acceptors (Lipinski definition) is 5. The largest absolute Gasteiger partial charge is 0.493 e. The molecule has 1 atom stereocenters. The number of halogens is 2. The minimum absolute atomic E-state index is 0.211. The molecule has 0 saturated carbocycles. The number of ether oxygens (including phenoxy) is 3. The van der Waals surface area contributed by atoms with E-state index in [0.29, 0.717) is 44.8 Å². The second-order valence-corrected chi connectivity index (χ2v) is 7.55. The average molecular weight is 465 g/mol. The molecule has 0 spiro atoms. The van der Waals surface area contributed by atoms with Gasteiger partial charge in [-0.05, 0) is 36.2 Å². The molecule has 0 aliphatic carbocycles. The minimum Gasteiger partial charge on any atom is -0.493 e. The summed E-state index contributed by atoms with van der Waals surface area (Å²) in [6.45, 7) is 2.06. The van der Waals surface area contributed by atoms with Gasteiger partial charge in [0.15, 0.2) is 11.5 Å². The first kappa shape index (κ1) is 22.8. The predicted octanol–water partition coefficient (Wildman–Crippen LogP) is 4.77. The number of nitrogens with one attached hydrogen (secondary N) is 2. The van der Waals surface area contributed by atoms with Gasteiger partial charge in [0, 0.05) is 21.3 Å². The van der Waals surface area contributed by atoms with E-state index in [2.05, 4.69) is 10.6 Å². The fourth-order valence-corrected chi connectivity index (χ4v) is 3.74. The van der Waals surface area contributed by atoms with Crippen molar-refractivity contribution >= 4 is 35.2 Å². The summed E-state index contributed by atoms with van der Waals surface area (Å²) in [6, 6.07) is 9.27. The van der Waals surface area contributed by atoms with Crippen molar-refractivity contribution < 1.29 is 23.8 Å². The van der Waals surface area contributed by atoms with Gasteiger partial charge in [-0.25, -0.2) is 9.59 Å². The van der Waals surface area contributed by atoms with Gasteiger partial charge < -0.3 is 24.8 Å². The zero-order valence-electron chi connectivity index (χ0n) is 17.3. The van der Waals surface area contributed by atoms with E-state index in [4.69, 9.17) is 37.4 Å². The molecule has 1 unspecified atom stereocenters. The molecule has 1 aliphatic heterocycles. The Kier molecular flexibility index (Phi) is 7.30. The lowest BCUT2D eigenvalue weighted by Gasteiger charge is -2.29. The Hall–Kier alpha value is -2.90. The smallest absolute Gasteiger partial charge is 0.337 e. The van der Waals surface area contributed by atoms with Crippen LogP contribution in [0.1, 0.15) is 30.5 Å². The summed E-state index contributed by atoms with van der Waals surface area (Å²) in [7, 11) is 2.81. The van der Waals surface area contributed by atoms with E-state index in [9.17, 15) is 9.59 Å². The molecular weight excluding hydrogens is 443 g/mol. The summed E-state index contributed by atoms with van der Waals surface area (Å²) in [4.78, 5) is 24.5. The van der Waals surface area contributed by atoms with Crippen molar-refractivity contribution in [2.45, 2.75) is 26.0 Å². The number of allylic oxidation sites excluding steroid dienone is 1. The van der Waals surface area contributed by atoms with Crippen LogP contribution in [0.25, 0.3) is 0 Å². The van der Waals surface area contributed by atoms with E-state index in [1.807, 2.05) is 6.92 Å². The maximum atomic E-state index is 12.4. The van der Waals surface area contributed by atoms with Crippen molar-refractivity contribution in [1.29, 1.82) is 0 Å². The van der Waals surface area contributed by atoms with Gasteiger partial charge in [-0.15, -0.1) is 0 Å². The predicted molar refractivity (Wildman–Crippen MR) is 118 cm³/mol. The van der Waals surface area contributed by atoms with Gasteiger partial charge in [-0.1, -0.05) is 42.3 Å². The number of carbonyl (C=O) groups excluding carboxylic acids is 2. The number of rotatable bonds is 7. The zero-order valence-corrected chi connectivity index (χ0v) is 18.8. The number of esters is 1. The molecule has 3 rings (SSSR count). The lowest BCUT2D eigenvalue weighted by atomic mass is 9.94. The molecule has 7 nitrogen and oxygen atoms in total. The van der Waals surface area contributed by atoms with Crippen LogP contribution in [0.4, 0.5) is 4.79 Å². The summed E-state index contributed by atoms with van der Waals surface area (Å²) in [5.74, 6) is 0.403. The molecule has 0 saturated heterocycles. The Morgan fingerprint density at radius 3 is 2.52 bits per heavy atom. The Labute approximate surface area is 190 Å². The van der Waals surface area contributed by atoms with E-state index in [1.54, 1.807) is 36.4 Å². The van der Waals surface area contributed by atoms with Crippen LogP contribution in [-0.2, 0) is 16.1 Å². The number of hydrogen-bond donors (Lipinski definition) is 2. The first-order chi connectivity index (χ1) is 14.9. The average Bonchev–Trinajstić information content (AvgIpc) is 2.77. The normalized spacial score (nSPS) is 15.8. The minimum atomic E-state index is -0.690. The number of carbonyl (C=O) groups is 2. The van der Waals surface area contributed by atoms with Crippen LogP contribution in [0.3, 0.4) is 0 Å². The van der Waals surface area contributed by atoms with Crippen LogP contribution < -0.4 is 20.1 Å². The molecule has 0 bridgehead atoms. The molecule has 31 heavy (non-hydrogen) atoms. The number of urea groups is 1. The first-order valence-electron chi connectivity index (χ1n) is 9.51. The van der Waals surface area contributed by atoms with Gasteiger partial charge in [0.25, 0.3) is 0 Å². The molecule has 0 aromatic heterocycles. The van der Waals surface area contributed by atoms with Gasteiger partial charge in [-0.2, -0.15) is 0 Å². The maximum Gasteiger partial charge on any atom is 0.337 e. The Bertz CT molecular complexity index is 1040. The summed E-state index contributed by atoms with van der Waals surface area (Å²) in [6.07, 6.45) is 0.467. The second-order valence-electron chi connectivity index (χ2n) is 6.70. The van der Waals surface area contributed by atoms with Crippen molar-refractivity contribution in [3.63, 3.8) is 0 Å². The molecule has 1 heterocycles. The molecule has 164 valence electrons. The molecule has 1 aliphatic rings. The standard InChI is InChI=1S/C22H22Cl2N2O5/c1-4-16-19(21(27)30-3)20(26-22(28)25-16)12-6-8-17(18(9-12)29-2)31-11-13-5-7-14(23)10-15(13)24/h5-10,20H,4,11H2,1-3H3,(H2,25,26,28). The quantitative estimate of drug-likeness (QED) is 0.576. The summed E-state index contributed by atoms with van der Waals surface area (Å²) in [5, 5.41) is 6.48. The third-order valence-electron chi connectivity index (χ3n) is 4.83. The fraction of sp³-hybridized carbons (Fsp3) is 0.273. The summed E-state index contributed by atoms with van der Waals surface area (Å²) >= 11 is 12.1. The van der Waals surface area contributed by atoms with Crippen LogP contribution in [0, 0.1) is 0 Å². The second kappa shape index (κ2) is 9.94. The lowest BCUT2D eigenvalue weighted by Crippen LogP contribution is -2.45. The van der Waals surface area contributed by atoms with Gasteiger partial charge in [-0.3, -0.25) is 0 Å². The highest BCUT2D eigenvalue weighted by molar-refractivity contribution is 6.35. The van der Waals surface area contributed by atoms with Gasteiger partial charge >= 0.3 is 12.0 Å². The number of benzene rings is 2. The van der Waals surface area contributed by atoms with Crippen molar-refractivity contribution in [3.8, 4) is 11.5 Å². The van der Waals surface area contributed by atoms with E-state index in [0.717, 1.165) is 5.56 Å². The highest BCUT2D eigenvalue weighted by atomic mass is 35.5. The molecular formula is C22H22Cl2N2O5. The van der Waals surface area contributed by atoms with Gasteiger partial charge in [0.1, 0.15) is 6.61 Å².